The zero-order valence-electron chi connectivity index (χ0n) is 17.5. The Morgan fingerprint density at radius 3 is 2.72 bits per heavy atom. The van der Waals surface area contributed by atoms with E-state index in [-0.39, 0.29) is 36.3 Å². The number of carbonyl (C=O) groups is 1. The van der Waals surface area contributed by atoms with Crippen molar-refractivity contribution < 1.29 is 18.7 Å². The van der Waals surface area contributed by atoms with Crippen molar-refractivity contribution in [1.29, 1.82) is 0 Å². The summed E-state index contributed by atoms with van der Waals surface area (Å²) in [7, 11) is 0. The van der Waals surface area contributed by atoms with Crippen LogP contribution in [0.25, 0.3) is 10.6 Å². The van der Waals surface area contributed by atoms with Gasteiger partial charge in [-0.05, 0) is 25.5 Å². The monoisotopic (exact) mass is 460 g/mol. The number of hydrogen-bond donors (Lipinski definition) is 2. The Morgan fingerprint density at radius 2 is 2.06 bits per heavy atom. The molecule has 1 aliphatic heterocycles. The first-order chi connectivity index (χ1) is 15.2. The van der Waals surface area contributed by atoms with E-state index in [4.69, 9.17) is 5.73 Å². The molecule has 3 N–H and O–H groups in total. The molecule has 10 heteroatoms. The number of amides is 1. The Bertz CT molecular complexity index is 1250. The van der Waals surface area contributed by atoms with Crippen LogP contribution in [0.5, 0.6) is 5.75 Å². The van der Waals surface area contributed by atoms with Gasteiger partial charge in [0.2, 0.25) is 5.43 Å². The van der Waals surface area contributed by atoms with Crippen molar-refractivity contribution in [2.45, 2.75) is 32.4 Å². The lowest BCUT2D eigenvalue weighted by Crippen LogP contribution is -2.49. The molecule has 0 aliphatic carbocycles. The third kappa shape index (κ3) is 3.80. The van der Waals surface area contributed by atoms with E-state index in [1.165, 1.54) is 24.5 Å². The number of nitrogens with zero attached hydrogens (tertiary/aromatic N) is 3. The Kier molecular flexibility index (Phi) is 5.83. The van der Waals surface area contributed by atoms with Gasteiger partial charge in [-0.3, -0.25) is 9.59 Å². The van der Waals surface area contributed by atoms with Crippen LogP contribution in [-0.4, -0.2) is 44.6 Å². The van der Waals surface area contributed by atoms with Gasteiger partial charge in [-0.2, -0.15) is 0 Å². The van der Waals surface area contributed by atoms with E-state index >= 15 is 0 Å². The summed E-state index contributed by atoms with van der Waals surface area (Å²) in [6, 6.07) is 2.92. The molecule has 0 saturated heterocycles. The van der Waals surface area contributed by atoms with E-state index in [1.807, 2.05) is 13.8 Å². The maximum absolute atomic E-state index is 14.0. The SMILES string of the molecule is CC(C)N1CC(CN)n2cc(-c3ncc(Cc4ccc(F)cc4F)s3)c(=O)c(O)c2C1=O. The average Bonchev–Trinajstić information content (AvgIpc) is 3.20. The molecular formula is C22H22F2N4O3S. The highest BCUT2D eigenvalue weighted by molar-refractivity contribution is 7.15. The minimum atomic E-state index is -0.708. The number of nitrogens with two attached hydrogens (primary N) is 1. The van der Waals surface area contributed by atoms with Crippen LogP contribution >= 0.6 is 11.3 Å². The fraction of sp³-hybridized carbons (Fsp3) is 0.318. The van der Waals surface area contributed by atoms with Crippen LogP contribution in [0.1, 0.15) is 40.8 Å². The quantitative estimate of drug-likeness (QED) is 0.610. The highest BCUT2D eigenvalue weighted by Gasteiger charge is 2.35. The van der Waals surface area contributed by atoms with Gasteiger partial charge in [0.05, 0.1) is 11.6 Å². The lowest BCUT2D eigenvalue weighted by molar-refractivity contribution is 0.0603. The fourth-order valence-corrected chi connectivity index (χ4v) is 4.75. The third-order valence-corrected chi connectivity index (χ3v) is 6.56. The molecule has 168 valence electrons. The number of rotatable bonds is 5. The number of aromatic nitrogens is 2. The summed E-state index contributed by atoms with van der Waals surface area (Å²) >= 11 is 1.16. The first-order valence-corrected chi connectivity index (χ1v) is 10.9. The van der Waals surface area contributed by atoms with E-state index in [0.717, 1.165) is 17.4 Å². The van der Waals surface area contributed by atoms with Gasteiger partial charge in [-0.25, -0.2) is 13.8 Å². The van der Waals surface area contributed by atoms with Gasteiger partial charge in [-0.1, -0.05) is 6.07 Å². The second kappa shape index (κ2) is 8.44. The summed E-state index contributed by atoms with van der Waals surface area (Å²) in [5, 5.41) is 11.0. The van der Waals surface area contributed by atoms with Gasteiger partial charge in [-0.15, -0.1) is 11.3 Å². The minimum absolute atomic E-state index is 0.0840. The highest BCUT2D eigenvalue weighted by atomic mass is 32.1. The largest absolute Gasteiger partial charge is 0.503 e. The van der Waals surface area contributed by atoms with Crippen molar-refractivity contribution in [3.05, 3.63) is 68.6 Å². The molecule has 0 radical (unpaired) electrons. The molecule has 3 aromatic rings. The standard InChI is InChI=1S/C22H22F2N4O3S/c1-11(2)27-9-14(7-25)28-10-16(19(29)20(30)18(28)22(27)31)21-26-8-15(32-21)5-12-3-4-13(23)6-17(12)24/h3-4,6,8,10-11,14,30H,5,7,9,25H2,1-2H3. The van der Waals surface area contributed by atoms with Crippen molar-refractivity contribution in [3.8, 4) is 16.3 Å². The molecule has 1 amide bonds. The van der Waals surface area contributed by atoms with Gasteiger partial charge in [0, 0.05) is 48.9 Å². The molecule has 1 aromatic carbocycles. The van der Waals surface area contributed by atoms with Crippen LogP contribution in [-0.2, 0) is 6.42 Å². The van der Waals surface area contributed by atoms with E-state index in [2.05, 4.69) is 4.98 Å². The van der Waals surface area contributed by atoms with E-state index in [0.29, 0.717) is 22.0 Å². The Morgan fingerprint density at radius 1 is 1.31 bits per heavy atom. The van der Waals surface area contributed by atoms with Crippen LogP contribution in [0.2, 0.25) is 0 Å². The summed E-state index contributed by atoms with van der Waals surface area (Å²) in [6.07, 6.45) is 3.19. The number of aromatic hydroxyl groups is 1. The number of carbonyl (C=O) groups excluding carboxylic acids is 1. The van der Waals surface area contributed by atoms with Gasteiger partial charge >= 0.3 is 0 Å². The average molecular weight is 461 g/mol. The maximum Gasteiger partial charge on any atom is 0.274 e. The summed E-state index contributed by atoms with van der Waals surface area (Å²) in [6.45, 7) is 4.27. The number of pyridine rings is 1. The van der Waals surface area contributed by atoms with Crippen molar-refractivity contribution in [2.24, 2.45) is 5.73 Å². The Balaban J connectivity index is 1.74. The number of hydrogen-bond acceptors (Lipinski definition) is 6. The third-order valence-electron chi connectivity index (χ3n) is 5.53. The first kappa shape index (κ1) is 22.1. The summed E-state index contributed by atoms with van der Waals surface area (Å²) in [5.41, 5.74) is 5.56. The molecule has 0 spiro atoms. The Hall–Kier alpha value is -3.11. The Labute approximate surface area is 186 Å². The van der Waals surface area contributed by atoms with Crippen LogP contribution in [0.4, 0.5) is 8.78 Å². The summed E-state index contributed by atoms with van der Waals surface area (Å²) in [5.74, 6) is -2.39. The zero-order valence-corrected chi connectivity index (χ0v) is 18.3. The molecule has 2 aromatic heterocycles. The number of fused-ring (bicyclic) bond motifs is 1. The van der Waals surface area contributed by atoms with Gasteiger partial charge in [0.25, 0.3) is 5.91 Å². The molecule has 32 heavy (non-hydrogen) atoms. The summed E-state index contributed by atoms with van der Waals surface area (Å²) in [4.78, 5) is 32.3. The van der Waals surface area contributed by atoms with E-state index in [1.54, 1.807) is 9.47 Å². The highest BCUT2D eigenvalue weighted by Crippen LogP contribution is 2.32. The molecular weight excluding hydrogens is 438 g/mol. The molecule has 0 bridgehead atoms. The normalized spacial score (nSPS) is 16.0. The van der Waals surface area contributed by atoms with Crippen molar-refractivity contribution in [2.75, 3.05) is 13.1 Å². The maximum atomic E-state index is 14.0. The molecule has 3 heterocycles. The predicted octanol–water partition coefficient (Wildman–Crippen LogP) is 2.91. The molecule has 0 saturated carbocycles. The van der Waals surface area contributed by atoms with Crippen molar-refractivity contribution >= 4 is 17.2 Å². The lowest BCUT2D eigenvalue weighted by atomic mass is 10.1. The van der Waals surface area contributed by atoms with Gasteiger partial charge < -0.3 is 20.3 Å². The predicted molar refractivity (Wildman–Crippen MR) is 117 cm³/mol. The zero-order chi connectivity index (χ0) is 23.2. The topological polar surface area (TPSA) is 101 Å². The smallest absolute Gasteiger partial charge is 0.274 e. The van der Waals surface area contributed by atoms with Crippen LogP contribution in [0, 0.1) is 11.6 Å². The molecule has 4 rings (SSSR count). The second-order valence-corrected chi connectivity index (χ2v) is 9.08. The molecule has 0 fully saturated rings. The van der Waals surface area contributed by atoms with E-state index < -0.39 is 28.7 Å². The molecule has 1 atom stereocenters. The number of benzene rings is 1. The number of thiazole rings is 1. The van der Waals surface area contributed by atoms with Crippen molar-refractivity contribution in [1.82, 2.24) is 14.5 Å². The van der Waals surface area contributed by atoms with Gasteiger partial charge in [0.1, 0.15) is 16.6 Å². The fourth-order valence-electron chi connectivity index (χ4n) is 3.81. The van der Waals surface area contributed by atoms with E-state index in [9.17, 15) is 23.5 Å². The molecule has 1 aliphatic rings. The van der Waals surface area contributed by atoms with Crippen LogP contribution in [0.15, 0.2) is 35.4 Å². The molecule has 7 nitrogen and oxygen atoms in total. The molecule has 1 unspecified atom stereocenters. The summed E-state index contributed by atoms with van der Waals surface area (Å²) < 4.78 is 28.7. The lowest BCUT2D eigenvalue weighted by Gasteiger charge is -2.38. The number of halogens is 2. The van der Waals surface area contributed by atoms with Crippen LogP contribution < -0.4 is 11.2 Å². The second-order valence-electron chi connectivity index (χ2n) is 7.96. The minimum Gasteiger partial charge on any atom is -0.503 e. The van der Waals surface area contributed by atoms with Crippen molar-refractivity contribution in [3.63, 3.8) is 0 Å². The van der Waals surface area contributed by atoms with Crippen LogP contribution in [0.3, 0.4) is 0 Å². The van der Waals surface area contributed by atoms with Gasteiger partial charge in [0.15, 0.2) is 11.4 Å². The first-order valence-electron chi connectivity index (χ1n) is 10.1.